The molecule has 1 aliphatic rings. The van der Waals surface area contributed by atoms with Gasteiger partial charge in [-0.15, -0.1) is 0 Å². The van der Waals surface area contributed by atoms with Crippen molar-refractivity contribution in [3.63, 3.8) is 0 Å². The van der Waals surface area contributed by atoms with Crippen LogP contribution in [0.15, 0.2) is 54.7 Å². The summed E-state index contributed by atoms with van der Waals surface area (Å²) in [5.74, 6) is 0.643. The molecule has 0 N–H and O–H groups in total. The molecule has 1 amide bonds. The Morgan fingerprint density at radius 1 is 1.21 bits per heavy atom. The van der Waals surface area contributed by atoms with Gasteiger partial charge in [0.15, 0.2) is 6.17 Å². The van der Waals surface area contributed by atoms with Gasteiger partial charge in [0.2, 0.25) is 5.91 Å². The van der Waals surface area contributed by atoms with E-state index < -0.39 is 12.3 Å². The Kier molecular flexibility index (Phi) is 5.47. The number of aryl methyl sites for hydroxylation is 1. The Morgan fingerprint density at radius 2 is 2.00 bits per heavy atom. The van der Waals surface area contributed by atoms with Crippen molar-refractivity contribution in [3.8, 4) is 16.9 Å². The molecule has 4 rings (SSSR count). The van der Waals surface area contributed by atoms with Gasteiger partial charge in [0.05, 0.1) is 12.1 Å². The van der Waals surface area contributed by atoms with Crippen molar-refractivity contribution in [2.24, 2.45) is 0 Å². The van der Waals surface area contributed by atoms with Crippen molar-refractivity contribution in [2.45, 2.75) is 39.0 Å². The van der Waals surface area contributed by atoms with E-state index >= 15 is 0 Å². The maximum Gasteiger partial charge on any atom is 0.222 e. The summed E-state index contributed by atoms with van der Waals surface area (Å²) in [6.07, 6.45) is 1.03. The van der Waals surface area contributed by atoms with E-state index in [1.165, 1.54) is 0 Å². The van der Waals surface area contributed by atoms with Gasteiger partial charge in [-0.1, -0.05) is 37.3 Å². The molecule has 2 heterocycles. The van der Waals surface area contributed by atoms with Crippen LogP contribution in [0.5, 0.6) is 5.75 Å². The number of amides is 1. The average Bonchev–Trinajstić information content (AvgIpc) is 2.76. The molecule has 29 heavy (non-hydrogen) atoms. The first-order valence-electron chi connectivity index (χ1n) is 10.1. The topological polar surface area (TPSA) is 42.4 Å². The minimum absolute atomic E-state index is 0.00398. The number of fused-ring (bicyclic) bond motifs is 1. The van der Waals surface area contributed by atoms with Gasteiger partial charge in [-0.3, -0.25) is 9.78 Å². The van der Waals surface area contributed by atoms with Crippen molar-refractivity contribution in [3.05, 3.63) is 60.3 Å². The normalized spacial score (nSPS) is 19.3. The molecule has 0 spiro atoms. The Bertz CT molecular complexity index is 1020. The smallest absolute Gasteiger partial charge is 0.222 e. The Hall–Kier alpha value is -2.95. The molecule has 1 saturated heterocycles. The number of alkyl halides is 1. The van der Waals surface area contributed by atoms with Gasteiger partial charge in [0.25, 0.3) is 0 Å². The minimum Gasteiger partial charge on any atom is -0.487 e. The molecule has 1 aromatic heterocycles. The predicted octanol–water partition coefficient (Wildman–Crippen LogP) is 4.94. The van der Waals surface area contributed by atoms with E-state index in [9.17, 15) is 9.18 Å². The monoisotopic (exact) mass is 392 g/mol. The van der Waals surface area contributed by atoms with Crippen molar-refractivity contribution in [2.75, 3.05) is 13.1 Å². The molecule has 5 heteroatoms. The summed E-state index contributed by atoms with van der Waals surface area (Å²) in [5.41, 5.74) is 4.33. The van der Waals surface area contributed by atoms with Crippen molar-refractivity contribution >= 4 is 16.8 Å². The highest BCUT2D eigenvalue weighted by Gasteiger charge is 2.32. The molecule has 1 aliphatic heterocycles. The summed E-state index contributed by atoms with van der Waals surface area (Å²) >= 11 is 0. The number of hydrogen-bond acceptors (Lipinski definition) is 3. The number of ether oxygens (including phenoxy) is 1. The van der Waals surface area contributed by atoms with E-state index in [0.29, 0.717) is 25.1 Å². The number of rotatable bonds is 4. The standard InChI is InChI=1S/C24H25FN2O2/c1-3-23(28)27-14-12-22(21(25)15-27)29-19-9-6-17(7-10-19)20-11-8-18-5-4-13-26-24(18)16(20)2/h4-11,13,21-22H,3,12,14-15H2,1-2H3/t21-,22-/m1/s1. The number of benzene rings is 2. The highest BCUT2D eigenvalue weighted by atomic mass is 19.1. The second-order valence-electron chi connectivity index (χ2n) is 7.49. The van der Waals surface area contributed by atoms with Crippen molar-refractivity contribution in [1.29, 1.82) is 0 Å². The molecule has 1 fully saturated rings. The molecule has 2 atom stereocenters. The zero-order valence-corrected chi connectivity index (χ0v) is 16.8. The summed E-state index contributed by atoms with van der Waals surface area (Å²) in [4.78, 5) is 17.9. The van der Waals surface area contributed by atoms with E-state index in [4.69, 9.17) is 4.74 Å². The second kappa shape index (κ2) is 8.19. The molecular formula is C24H25FN2O2. The van der Waals surface area contributed by atoms with Crippen LogP contribution in [0.25, 0.3) is 22.0 Å². The minimum atomic E-state index is -1.17. The number of likely N-dealkylation sites (tertiary alicyclic amines) is 1. The molecule has 0 radical (unpaired) electrons. The summed E-state index contributed by atoms with van der Waals surface area (Å²) in [6.45, 7) is 4.53. The van der Waals surface area contributed by atoms with Crippen molar-refractivity contribution < 1.29 is 13.9 Å². The average molecular weight is 392 g/mol. The first-order valence-corrected chi connectivity index (χ1v) is 10.1. The maximum absolute atomic E-state index is 14.5. The third-order valence-electron chi connectivity index (χ3n) is 5.62. The molecule has 4 nitrogen and oxygen atoms in total. The molecular weight excluding hydrogens is 367 g/mol. The lowest BCUT2D eigenvalue weighted by Gasteiger charge is -2.34. The first-order chi connectivity index (χ1) is 14.1. The summed E-state index contributed by atoms with van der Waals surface area (Å²) in [5, 5.41) is 1.12. The lowest BCUT2D eigenvalue weighted by atomic mass is 9.98. The van der Waals surface area contributed by atoms with Gasteiger partial charge >= 0.3 is 0 Å². The fraction of sp³-hybridized carbons (Fsp3) is 0.333. The third-order valence-corrected chi connectivity index (χ3v) is 5.62. The maximum atomic E-state index is 14.5. The Balaban J connectivity index is 1.48. The van der Waals surface area contributed by atoms with Crippen LogP contribution in [0.3, 0.4) is 0 Å². The van der Waals surface area contributed by atoms with Crippen LogP contribution >= 0.6 is 0 Å². The quantitative estimate of drug-likeness (QED) is 0.632. The number of halogens is 1. The molecule has 0 unspecified atom stereocenters. The van der Waals surface area contributed by atoms with E-state index in [-0.39, 0.29) is 12.5 Å². The van der Waals surface area contributed by atoms with Gasteiger partial charge in [-0.25, -0.2) is 4.39 Å². The third kappa shape index (κ3) is 3.95. The number of carbonyl (C=O) groups excluding carboxylic acids is 1. The van der Waals surface area contributed by atoms with Gasteiger partial charge in [0.1, 0.15) is 11.9 Å². The number of piperidine rings is 1. The fourth-order valence-electron chi connectivity index (χ4n) is 3.96. The van der Waals surface area contributed by atoms with E-state index in [2.05, 4.69) is 30.1 Å². The van der Waals surface area contributed by atoms with E-state index in [1.54, 1.807) is 11.8 Å². The van der Waals surface area contributed by atoms with Crippen molar-refractivity contribution in [1.82, 2.24) is 9.88 Å². The van der Waals surface area contributed by atoms with Crippen LogP contribution < -0.4 is 4.74 Å². The molecule has 0 saturated carbocycles. The zero-order valence-electron chi connectivity index (χ0n) is 16.8. The van der Waals surface area contributed by atoms with Gasteiger partial charge < -0.3 is 9.64 Å². The van der Waals surface area contributed by atoms with Crippen LogP contribution in [0.1, 0.15) is 25.3 Å². The van der Waals surface area contributed by atoms with Crippen LogP contribution in [-0.2, 0) is 4.79 Å². The van der Waals surface area contributed by atoms with Crippen LogP contribution in [0, 0.1) is 6.92 Å². The number of nitrogens with zero attached hydrogens (tertiary/aromatic N) is 2. The molecule has 3 aromatic rings. The second-order valence-corrected chi connectivity index (χ2v) is 7.49. The lowest BCUT2D eigenvalue weighted by Crippen LogP contribution is -2.49. The molecule has 150 valence electrons. The van der Waals surface area contributed by atoms with Crippen LogP contribution in [0.4, 0.5) is 4.39 Å². The summed E-state index contributed by atoms with van der Waals surface area (Å²) in [6, 6.07) is 15.9. The SMILES string of the molecule is CCC(=O)N1CC[C@@H](Oc2ccc(-c3ccc4cccnc4c3C)cc2)[C@H](F)C1. The number of aromatic nitrogens is 1. The Morgan fingerprint density at radius 3 is 2.72 bits per heavy atom. The summed E-state index contributed by atoms with van der Waals surface area (Å²) in [7, 11) is 0. The van der Waals surface area contributed by atoms with Crippen LogP contribution in [-0.4, -0.2) is 41.2 Å². The highest BCUT2D eigenvalue weighted by Crippen LogP contribution is 2.30. The summed E-state index contributed by atoms with van der Waals surface area (Å²) < 4.78 is 20.4. The zero-order chi connectivity index (χ0) is 20.4. The number of hydrogen-bond donors (Lipinski definition) is 0. The molecule has 0 aliphatic carbocycles. The molecule has 0 bridgehead atoms. The van der Waals surface area contributed by atoms with Gasteiger partial charge in [0, 0.05) is 31.0 Å². The Labute approximate surface area is 170 Å². The van der Waals surface area contributed by atoms with Gasteiger partial charge in [-0.05, 0) is 41.8 Å². The van der Waals surface area contributed by atoms with E-state index in [0.717, 1.165) is 27.6 Å². The number of carbonyl (C=O) groups is 1. The van der Waals surface area contributed by atoms with Gasteiger partial charge in [-0.2, -0.15) is 0 Å². The van der Waals surface area contributed by atoms with E-state index in [1.807, 2.05) is 36.5 Å². The number of pyridine rings is 1. The highest BCUT2D eigenvalue weighted by molar-refractivity contribution is 5.88. The predicted molar refractivity (Wildman–Crippen MR) is 113 cm³/mol. The first kappa shape index (κ1) is 19.4. The lowest BCUT2D eigenvalue weighted by molar-refractivity contribution is -0.134. The van der Waals surface area contributed by atoms with Crippen LogP contribution in [0.2, 0.25) is 0 Å². The molecule has 2 aromatic carbocycles. The largest absolute Gasteiger partial charge is 0.487 e. The fourth-order valence-corrected chi connectivity index (χ4v) is 3.96.